The highest BCUT2D eigenvalue weighted by atomic mass is 16.7. The van der Waals surface area contributed by atoms with Crippen LogP contribution in [0.2, 0.25) is 0 Å². The van der Waals surface area contributed by atoms with Crippen LogP contribution in [0.25, 0.3) is 0 Å². The first-order valence-electron chi connectivity index (χ1n) is 31.4. The number of unbranched alkanes of at least 4 members (excludes halogenated alkanes) is 38. The van der Waals surface area contributed by atoms with Crippen molar-refractivity contribution in [3.8, 4) is 0 Å². The summed E-state index contributed by atoms with van der Waals surface area (Å²) in [6, 6.07) is -0.909. The van der Waals surface area contributed by atoms with Gasteiger partial charge in [0.15, 0.2) is 12.6 Å². The molecule has 0 aromatic heterocycles. The number of allylic oxidation sites excluding steroid dienone is 1. The molecule has 1 amide bonds. The molecule has 0 aromatic carbocycles. The zero-order valence-corrected chi connectivity index (χ0v) is 47.8. The number of carbonyl (C=O) groups excluding carboxylic acids is 1. The van der Waals surface area contributed by atoms with Gasteiger partial charge in [-0.15, -0.1) is 0 Å². The second-order valence-electron chi connectivity index (χ2n) is 22.6. The summed E-state index contributed by atoms with van der Waals surface area (Å²) >= 11 is 0. The molecule has 2 fully saturated rings. The Balaban J connectivity index is 1.72. The summed E-state index contributed by atoms with van der Waals surface area (Å²) in [4.78, 5) is 13.3. The molecule has 2 aliphatic heterocycles. The van der Waals surface area contributed by atoms with Crippen molar-refractivity contribution >= 4 is 5.91 Å². The highest BCUT2D eigenvalue weighted by Gasteiger charge is 2.51. The number of ether oxygens (including phenoxy) is 4. The maximum atomic E-state index is 13.3. The minimum Gasteiger partial charge on any atom is -0.394 e. The molecule has 444 valence electrons. The summed E-state index contributed by atoms with van der Waals surface area (Å²) in [5.74, 6) is -0.233. The minimum atomic E-state index is -1.79. The summed E-state index contributed by atoms with van der Waals surface area (Å²) < 4.78 is 22.8. The smallest absolute Gasteiger partial charge is 0.220 e. The van der Waals surface area contributed by atoms with Gasteiger partial charge in [0.05, 0.1) is 32.0 Å². The van der Waals surface area contributed by atoms with Crippen molar-refractivity contribution in [2.24, 2.45) is 0 Å². The summed E-state index contributed by atoms with van der Waals surface area (Å²) in [6.07, 6.45) is 38.2. The number of hydrogen-bond donors (Lipinski definition) is 9. The average molecular weight is 1070 g/mol. The Morgan fingerprint density at radius 3 is 1.23 bits per heavy atom. The largest absolute Gasteiger partial charge is 0.394 e. The molecule has 0 aliphatic carbocycles. The predicted octanol–water partition coefficient (Wildman–Crippen LogP) is 11.1. The Bertz CT molecular complexity index is 1310. The molecule has 2 heterocycles. The van der Waals surface area contributed by atoms with Crippen molar-refractivity contribution in [3.05, 3.63) is 12.2 Å². The molecule has 14 heteroatoms. The summed E-state index contributed by atoms with van der Waals surface area (Å²) in [5.41, 5.74) is 0. The molecule has 75 heavy (non-hydrogen) atoms. The van der Waals surface area contributed by atoms with E-state index < -0.39 is 86.8 Å². The van der Waals surface area contributed by atoms with E-state index in [0.717, 1.165) is 38.5 Å². The summed E-state index contributed by atoms with van der Waals surface area (Å²) in [6.45, 7) is 2.84. The molecule has 9 N–H and O–H groups in total. The number of aliphatic hydroxyl groups is 8. The molecule has 0 bridgehead atoms. The Hall–Kier alpha value is -1.27. The van der Waals surface area contributed by atoms with Crippen LogP contribution in [-0.4, -0.2) is 140 Å². The maximum Gasteiger partial charge on any atom is 0.220 e. The van der Waals surface area contributed by atoms with Gasteiger partial charge in [0.1, 0.15) is 48.8 Å². The van der Waals surface area contributed by atoms with Crippen LogP contribution in [-0.2, 0) is 23.7 Å². The maximum absolute atomic E-state index is 13.3. The fraction of sp³-hybridized carbons (Fsp3) is 0.951. The van der Waals surface area contributed by atoms with Crippen LogP contribution >= 0.6 is 0 Å². The first kappa shape index (κ1) is 69.8. The van der Waals surface area contributed by atoms with E-state index in [-0.39, 0.29) is 18.9 Å². The number of nitrogens with one attached hydrogen (secondary N) is 1. The van der Waals surface area contributed by atoms with Crippen molar-refractivity contribution in [3.63, 3.8) is 0 Å². The van der Waals surface area contributed by atoms with Gasteiger partial charge in [-0.1, -0.05) is 264 Å². The molecule has 0 aromatic rings. The Labute approximate surface area is 456 Å². The Morgan fingerprint density at radius 1 is 0.467 bits per heavy atom. The molecule has 2 saturated heterocycles. The van der Waals surface area contributed by atoms with E-state index in [9.17, 15) is 45.6 Å². The van der Waals surface area contributed by atoms with Gasteiger partial charge >= 0.3 is 0 Å². The molecule has 2 rings (SSSR count). The normalized spacial score (nSPS) is 25.0. The first-order chi connectivity index (χ1) is 36.6. The SMILES string of the molecule is CCCCCCCCCCCCCCCCC/C=C/C(O)C(COC1OC(CO)C(OC2OC(CO)C(O)C(O)C2O)C(O)C1O)NC(=O)CCCCCCCCCCCCCCCCCCCCCCCCCC. The van der Waals surface area contributed by atoms with Crippen molar-refractivity contribution in [2.75, 3.05) is 19.8 Å². The molecule has 0 radical (unpaired) electrons. The zero-order chi connectivity index (χ0) is 54.6. The molecule has 12 atom stereocenters. The van der Waals surface area contributed by atoms with E-state index in [1.807, 2.05) is 6.08 Å². The van der Waals surface area contributed by atoms with Crippen molar-refractivity contribution in [1.29, 1.82) is 0 Å². The van der Waals surface area contributed by atoms with Crippen molar-refractivity contribution in [2.45, 2.75) is 351 Å². The van der Waals surface area contributed by atoms with Gasteiger partial charge in [-0.05, 0) is 19.3 Å². The third-order valence-electron chi connectivity index (χ3n) is 15.7. The van der Waals surface area contributed by atoms with E-state index in [1.165, 1.54) is 212 Å². The van der Waals surface area contributed by atoms with Crippen LogP contribution < -0.4 is 5.32 Å². The second-order valence-corrected chi connectivity index (χ2v) is 22.6. The van der Waals surface area contributed by atoms with Gasteiger partial charge in [0, 0.05) is 6.42 Å². The second kappa shape index (κ2) is 47.5. The number of hydrogen-bond acceptors (Lipinski definition) is 13. The van der Waals surface area contributed by atoms with E-state index in [4.69, 9.17) is 18.9 Å². The third-order valence-corrected chi connectivity index (χ3v) is 15.7. The lowest BCUT2D eigenvalue weighted by Crippen LogP contribution is -2.65. The molecular formula is C61H117NO13. The molecule has 0 saturated carbocycles. The lowest BCUT2D eigenvalue weighted by Gasteiger charge is -2.46. The number of amides is 1. The van der Waals surface area contributed by atoms with Gasteiger partial charge in [0.25, 0.3) is 0 Å². The average Bonchev–Trinajstić information content (AvgIpc) is 3.41. The fourth-order valence-electron chi connectivity index (χ4n) is 10.6. The van der Waals surface area contributed by atoms with Crippen molar-refractivity contribution < 1.29 is 64.6 Å². The van der Waals surface area contributed by atoms with Gasteiger partial charge in [0.2, 0.25) is 5.91 Å². The number of carbonyl (C=O) groups is 1. The molecule has 0 spiro atoms. The summed E-state index contributed by atoms with van der Waals surface area (Å²) in [7, 11) is 0. The fourth-order valence-corrected chi connectivity index (χ4v) is 10.6. The van der Waals surface area contributed by atoms with Crippen LogP contribution in [0.15, 0.2) is 12.2 Å². The first-order valence-corrected chi connectivity index (χ1v) is 31.4. The molecular weight excluding hydrogens is 955 g/mol. The Morgan fingerprint density at radius 2 is 0.827 bits per heavy atom. The van der Waals surface area contributed by atoms with Crippen LogP contribution in [0, 0.1) is 0 Å². The minimum absolute atomic E-state index is 0.233. The predicted molar refractivity (Wildman–Crippen MR) is 300 cm³/mol. The Kier molecular flexibility index (Phi) is 44.3. The lowest BCUT2D eigenvalue weighted by molar-refractivity contribution is -0.359. The number of rotatable bonds is 51. The van der Waals surface area contributed by atoms with Crippen molar-refractivity contribution in [1.82, 2.24) is 5.32 Å². The van der Waals surface area contributed by atoms with Gasteiger partial charge in [-0.25, -0.2) is 0 Å². The third kappa shape index (κ3) is 33.2. The van der Waals surface area contributed by atoms with E-state index >= 15 is 0 Å². The topological polar surface area (TPSA) is 228 Å². The van der Waals surface area contributed by atoms with Gasteiger partial charge in [-0.3, -0.25) is 4.79 Å². The van der Waals surface area contributed by atoms with E-state index in [1.54, 1.807) is 6.08 Å². The van der Waals surface area contributed by atoms with E-state index in [2.05, 4.69) is 19.2 Å². The van der Waals surface area contributed by atoms with Crippen LogP contribution in [0.5, 0.6) is 0 Å². The quantitative estimate of drug-likeness (QED) is 0.0204. The van der Waals surface area contributed by atoms with Gasteiger partial charge in [-0.2, -0.15) is 0 Å². The van der Waals surface area contributed by atoms with Crippen LogP contribution in [0.1, 0.15) is 277 Å². The summed E-state index contributed by atoms with van der Waals surface area (Å²) in [5, 5.41) is 87.2. The van der Waals surface area contributed by atoms with Crippen LogP contribution in [0.3, 0.4) is 0 Å². The number of aliphatic hydroxyl groups excluding tert-OH is 8. The standard InChI is InChI=1S/C61H117NO13/c1-3-5-7-9-11-13-15-17-19-21-22-23-24-25-26-27-29-31-33-35-37-39-41-43-45-53(66)62-49(50(65)44-42-40-38-36-34-32-30-28-20-18-16-14-12-10-8-6-4-2)48-72-60-58(71)56(69)59(52(47-64)74-60)75-61-57(70)55(68)54(67)51(46-63)73-61/h42,44,49-52,54-61,63-65,67-71H,3-41,43,45-48H2,1-2H3,(H,62,66)/b44-42+. The van der Waals surface area contributed by atoms with E-state index in [0.29, 0.717) is 6.42 Å². The highest BCUT2D eigenvalue weighted by molar-refractivity contribution is 5.76. The zero-order valence-electron chi connectivity index (χ0n) is 47.8. The molecule has 14 nitrogen and oxygen atoms in total. The molecule has 12 unspecified atom stereocenters. The van der Waals surface area contributed by atoms with Gasteiger partial charge < -0.3 is 65.1 Å². The van der Waals surface area contributed by atoms with Crippen LogP contribution in [0.4, 0.5) is 0 Å². The highest BCUT2D eigenvalue weighted by Crippen LogP contribution is 2.30. The monoisotopic (exact) mass is 1070 g/mol. The molecule has 2 aliphatic rings. The lowest BCUT2D eigenvalue weighted by atomic mass is 9.97.